The summed E-state index contributed by atoms with van der Waals surface area (Å²) in [6.07, 6.45) is 7.12. The molecule has 0 aromatic carbocycles. The summed E-state index contributed by atoms with van der Waals surface area (Å²) in [7, 11) is 0. The minimum atomic E-state index is -0.256. The van der Waals surface area contributed by atoms with Crippen LogP contribution in [-0.2, 0) is 14.3 Å². The maximum atomic E-state index is 12.9. The minimum absolute atomic E-state index is 0.0937. The molecule has 2 aliphatic rings. The molecule has 1 heterocycles. The zero-order chi connectivity index (χ0) is 17.1. The van der Waals surface area contributed by atoms with Gasteiger partial charge in [-0.15, -0.1) is 6.58 Å². The van der Waals surface area contributed by atoms with E-state index in [4.69, 9.17) is 9.47 Å². The van der Waals surface area contributed by atoms with Gasteiger partial charge in [-0.1, -0.05) is 33.8 Å². The maximum absolute atomic E-state index is 12.9. The van der Waals surface area contributed by atoms with Gasteiger partial charge in [0.2, 0.25) is 0 Å². The Kier molecular flexibility index (Phi) is 6.07. The van der Waals surface area contributed by atoms with E-state index in [1.165, 1.54) is 0 Å². The fraction of sp³-hybridized carbons (Fsp3) is 0.850. The van der Waals surface area contributed by atoms with E-state index in [1.54, 1.807) is 0 Å². The molecule has 132 valence electrons. The first-order valence-corrected chi connectivity index (χ1v) is 9.18. The van der Waals surface area contributed by atoms with Crippen molar-refractivity contribution in [2.45, 2.75) is 72.5 Å². The molecule has 0 unspecified atom stereocenters. The molecule has 0 bridgehead atoms. The van der Waals surface area contributed by atoms with Crippen molar-refractivity contribution in [1.82, 2.24) is 0 Å². The predicted molar refractivity (Wildman–Crippen MR) is 93.1 cm³/mol. The fourth-order valence-electron chi connectivity index (χ4n) is 4.40. The predicted octanol–water partition coefficient (Wildman–Crippen LogP) is 4.75. The molecule has 1 saturated carbocycles. The van der Waals surface area contributed by atoms with Crippen LogP contribution in [0.4, 0.5) is 0 Å². The second-order valence-electron chi connectivity index (χ2n) is 8.57. The van der Waals surface area contributed by atoms with E-state index in [1.807, 2.05) is 6.08 Å². The number of rotatable bonds is 6. The molecule has 2 rings (SSSR count). The van der Waals surface area contributed by atoms with Gasteiger partial charge in [0.15, 0.2) is 6.29 Å². The summed E-state index contributed by atoms with van der Waals surface area (Å²) in [5, 5.41) is 0. The Labute approximate surface area is 141 Å². The van der Waals surface area contributed by atoms with E-state index in [0.29, 0.717) is 17.6 Å². The monoisotopic (exact) mass is 322 g/mol. The summed E-state index contributed by atoms with van der Waals surface area (Å²) in [6, 6.07) is 0. The zero-order valence-corrected chi connectivity index (χ0v) is 15.4. The highest BCUT2D eigenvalue weighted by molar-refractivity contribution is 5.86. The van der Waals surface area contributed by atoms with E-state index >= 15 is 0 Å². The molecule has 1 saturated heterocycles. The van der Waals surface area contributed by atoms with Crippen LogP contribution < -0.4 is 0 Å². The van der Waals surface area contributed by atoms with Gasteiger partial charge in [0, 0.05) is 17.3 Å². The average Bonchev–Trinajstić information content (AvgIpc) is 2.48. The molecule has 0 spiro atoms. The van der Waals surface area contributed by atoms with Crippen molar-refractivity contribution in [2.75, 3.05) is 13.2 Å². The van der Waals surface area contributed by atoms with Crippen molar-refractivity contribution < 1.29 is 14.3 Å². The van der Waals surface area contributed by atoms with E-state index in [9.17, 15) is 4.79 Å². The number of hydrogen-bond donors (Lipinski definition) is 0. The lowest BCUT2D eigenvalue weighted by Crippen LogP contribution is -2.45. The van der Waals surface area contributed by atoms with E-state index in [-0.39, 0.29) is 17.1 Å². The van der Waals surface area contributed by atoms with Gasteiger partial charge in [0.25, 0.3) is 0 Å². The van der Waals surface area contributed by atoms with Crippen molar-refractivity contribution in [3.8, 4) is 0 Å². The minimum Gasteiger partial charge on any atom is -0.352 e. The van der Waals surface area contributed by atoms with Crippen molar-refractivity contribution >= 4 is 5.78 Å². The Balaban J connectivity index is 2.07. The molecule has 23 heavy (non-hydrogen) atoms. The quantitative estimate of drug-likeness (QED) is 0.662. The lowest BCUT2D eigenvalue weighted by Gasteiger charge is -2.45. The highest BCUT2D eigenvalue weighted by Crippen LogP contribution is 2.49. The molecule has 3 nitrogen and oxygen atoms in total. The van der Waals surface area contributed by atoms with Crippen LogP contribution in [0.1, 0.15) is 66.2 Å². The van der Waals surface area contributed by atoms with Crippen LogP contribution in [0.15, 0.2) is 12.7 Å². The molecule has 1 aliphatic heterocycles. The maximum Gasteiger partial charge on any atom is 0.157 e. The van der Waals surface area contributed by atoms with Crippen molar-refractivity contribution in [1.29, 1.82) is 0 Å². The summed E-state index contributed by atoms with van der Waals surface area (Å²) in [6.45, 7) is 14.2. The Morgan fingerprint density at radius 3 is 2.52 bits per heavy atom. The molecular formula is C20H34O3. The number of allylic oxidation sites excluding steroid dienone is 1. The first kappa shape index (κ1) is 18.7. The average molecular weight is 322 g/mol. The van der Waals surface area contributed by atoms with Crippen LogP contribution >= 0.6 is 0 Å². The van der Waals surface area contributed by atoms with Gasteiger partial charge < -0.3 is 9.47 Å². The number of hydrogen-bond acceptors (Lipinski definition) is 3. The number of Topliss-reactive ketones (excluding diaryl/α,β-unsaturated/α-hetero) is 1. The van der Waals surface area contributed by atoms with Crippen LogP contribution in [0, 0.1) is 22.7 Å². The number of ether oxygens (including phenoxy) is 2. The second kappa shape index (κ2) is 7.48. The van der Waals surface area contributed by atoms with Crippen molar-refractivity contribution in [3.05, 3.63) is 12.7 Å². The molecule has 0 radical (unpaired) electrons. The standard InChI is InChI=1S/C20H34O3/c1-6-11-20(16(15(2)3)8-7-9-17(20)21)12-10-18-22-13-19(4,5)14-23-18/h6,15-16,18H,1,7-14H2,2-5H3/t16-,20+/m0/s1. The number of carbonyl (C=O) groups is 1. The van der Waals surface area contributed by atoms with Crippen LogP contribution in [0.3, 0.4) is 0 Å². The Hall–Kier alpha value is -0.670. The van der Waals surface area contributed by atoms with Gasteiger partial charge >= 0.3 is 0 Å². The van der Waals surface area contributed by atoms with Gasteiger partial charge in [0.1, 0.15) is 5.78 Å². The lowest BCUT2D eigenvalue weighted by molar-refractivity contribution is -0.226. The summed E-state index contributed by atoms with van der Waals surface area (Å²) >= 11 is 0. The largest absolute Gasteiger partial charge is 0.352 e. The van der Waals surface area contributed by atoms with E-state index in [2.05, 4.69) is 34.3 Å². The normalized spacial score (nSPS) is 32.2. The molecule has 0 aromatic rings. The number of carbonyl (C=O) groups excluding carboxylic acids is 1. The molecule has 2 atom stereocenters. The third-order valence-corrected chi connectivity index (χ3v) is 5.64. The lowest BCUT2D eigenvalue weighted by atomic mass is 9.58. The highest BCUT2D eigenvalue weighted by atomic mass is 16.7. The molecule has 0 amide bonds. The topological polar surface area (TPSA) is 35.5 Å². The zero-order valence-electron chi connectivity index (χ0n) is 15.4. The van der Waals surface area contributed by atoms with Crippen LogP contribution in [0.5, 0.6) is 0 Å². The summed E-state index contributed by atoms with van der Waals surface area (Å²) in [5.41, 5.74) is -0.162. The smallest absolute Gasteiger partial charge is 0.157 e. The highest BCUT2D eigenvalue weighted by Gasteiger charge is 2.47. The van der Waals surface area contributed by atoms with Crippen molar-refractivity contribution in [3.63, 3.8) is 0 Å². The van der Waals surface area contributed by atoms with E-state index < -0.39 is 0 Å². The van der Waals surface area contributed by atoms with Crippen molar-refractivity contribution in [2.24, 2.45) is 22.7 Å². The van der Waals surface area contributed by atoms with Crippen LogP contribution in [-0.4, -0.2) is 25.3 Å². The fourth-order valence-corrected chi connectivity index (χ4v) is 4.40. The third-order valence-electron chi connectivity index (χ3n) is 5.64. The molecule has 3 heteroatoms. The molecule has 2 fully saturated rings. The Bertz CT molecular complexity index is 417. The van der Waals surface area contributed by atoms with Gasteiger partial charge in [-0.25, -0.2) is 0 Å². The molecule has 0 aromatic heterocycles. The SMILES string of the molecule is C=CC[C@]1(CCC2OCC(C)(C)CO2)C(=O)CCC[C@H]1C(C)C. The molecule has 0 N–H and O–H groups in total. The van der Waals surface area contributed by atoms with Crippen LogP contribution in [0.25, 0.3) is 0 Å². The van der Waals surface area contributed by atoms with Gasteiger partial charge in [0.05, 0.1) is 13.2 Å². The van der Waals surface area contributed by atoms with Gasteiger partial charge in [-0.05, 0) is 43.9 Å². The van der Waals surface area contributed by atoms with Gasteiger partial charge in [-0.2, -0.15) is 0 Å². The first-order chi connectivity index (χ1) is 10.8. The molecule has 1 aliphatic carbocycles. The summed E-state index contributed by atoms with van der Waals surface area (Å²) in [4.78, 5) is 12.9. The Morgan fingerprint density at radius 2 is 1.96 bits per heavy atom. The van der Waals surface area contributed by atoms with Crippen LogP contribution in [0.2, 0.25) is 0 Å². The second-order valence-corrected chi connectivity index (χ2v) is 8.57. The summed E-state index contributed by atoms with van der Waals surface area (Å²) in [5.74, 6) is 1.39. The summed E-state index contributed by atoms with van der Waals surface area (Å²) < 4.78 is 11.8. The number of ketones is 1. The first-order valence-electron chi connectivity index (χ1n) is 9.18. The van der Waals surface area contributed by atoms with Gasteiger partial charge in [-0.3, -0.25) is 4.79 Å². The van der Waals surface area contributed by atoms with E-state index in [0.717, 1.165) is 51.7 Å². The third kappa shape index (κ3) is 4.24. The molecular weight excluding hydrogens is 288 g/mol. The Morgan fingerprint density at radius 1 is 1.30 bits per heavy atom.